The van der Waals surface area contributed by atoms with Crippen LogP contribution in [0.4, 0.5) is 10.1 Å². The second kappa shape index (κ2) is 8.83. The van der Waals surface area contributed by atoms with E-state index >= 15 is 0 Å². The zero-order valence-electron chi connectivity index (χ0n) is 13.6. The third-order valence-electron chi connectivity index (χ3n) is 3.58. The van der Waals surface area contributed by atoms with Crippen molar-refractivity contribution in [3.63, 3.8) is 0 Å². The number of hydrogen-bond donors (Lipinski definition) is 1. The number of halogens is 3. The topological polar surface area (TPSA) is 49.4 Å². The predicted octanol–water partition coefficient (Wildman–Crippen LogP) is 4.51. The summed E-state index contributed by atoms with van der Waals surface area (Å²) in [6.07, 6.45) is 0.0777. The van der Waals surface area contributed by atoms with Crippen LogP contribution < -0.4 is 5.32 Å². The summed E-state index contributed by atoms with van der Waals surface area (Å²) in [5.41, 5.74) is 0.922. The van der Waals surface area contributed by atoms with Crippen LogP contribution in [0.15, 0.2) is 42.5 Å². The second-order valence-corrected chi connectivity index (χ2v) is 6.27. The van der Waals surface area contributed by atoms with Crippen molar-refractivity contribution >= 4 is 40.7 Å². The molecule has 0 unspecified atom stereocenters. The van der Waals surface area contributed by atoms with Gasteiger partial charge in [-0.25, -0.2) is 4.39 Å². The number of carbonyl (C=O) groups excluding carboxylic acids is 2. The molecule has 1 N–H and O–H groups in total. The monoisotopic (exact) mass is 382 g/mol. The Kier molecular flexibility index (Phi) is 6.79. The average molecular weight is 383 g/mol. The Morgan fingerprint density at radius 3 is 2.48 bits per heavy atom. The van der Waals surface area contributed by atoms with Gasteiger partial charge in [-0.15, -0.1) is 0 Å². The molecule has 4 nitrogen and oxygen atoms in total. The van der Waals surface area contributed by atoms with Crippen molar-refractivity contribution in [3.05, 3.63) is 63.9 Å². The van der Waals surface area contributed by atoms with E-state index in [0.29, 0.717) is 21.3 Å². The molecule has 2 aromatic carbocycles. The molecule has 0 aromatic heterocycles. The van der Waals surface area contributed by atoms with Crippen LogP contribution in [-0.4, -0.2) is 23.3 Å². The van der Waals surface area contributed by atoms with E-state index in [-0.39, 0.29) is 37.1 Å². The Bertz CT molecular complexity index is 783. The van der Waals surface area contributed by atoms with Crippen LogP contribution in [0.3, 0.4) is 0 Å². The molecule has 0 bridgehead atoms. The fraction of sp³-hybridized carbons (Fsp3) is 0.222. The number of rotatable bonds is 6. The summed E-state index contributed by atoms with van der Waals surface area (Å²) in [5.74, 6) is -0.891. The summed E-state index contributed by atoms with van der Waals surface area (Å²) in [6.45, 7) is 1.68. The van der Waals surface area contributed by atoms with Gasteiger partial charge >= 0.3 is 0 Å². The highest BCUT2D eigenvalue weighted by Gasteiger charge is 2.14. The lowest BCUT2D eigenvalue weighted by Crippen LogP contribution is -2.31. The van der Waals surface area contributed by atoms with Gasteiger partial charge in [-0.2, -0.15) is 0 Å². The van der Waals surface area contributed by atoms with Crippen molar-refractivity contribution < 1.29 is 14.0 Å². The minimum Gasteiger partial charge on any atom is -0.338 e. The van der Waals surface area contributed by atoms with Crippen molar-refractivity contribution in [2.24, 2.45) is 0 Å². The zero-order chi connectivity index (χ0) is 18.4. The van der Waals surface area contributed by atoms with Gasteiger partial charge in [-0.05, 0) is 24.3 Å². The van der Waals surface area contributed by atoms with E-state index in [1.54, 1.807) is 36.4 Å². The third-order valence-corrected chi connectivity index (χ3v) is 4.32. The lowest BCUT2D eigenvalue weighted by Gasteiger charge is -2.21. The summed E-state index contributed by atoms with van der Waals surface area (Å²) in [6, 6.07) is 11.0. The molecule has 2 rings (SSSR count). The van der Waals surface area contributed by atoms with Crippen LogP contribution in [0.1, 0.15) is 18.9 Å². The van der Waals surface area contributed by atoms with Crippen LogP contribution in [0, 0.1) is 5.82 Å². The van der Waals surface area contributed by atoms with Gasteiger partial charge in [0.1, 0.15) is 5.82 Å². The molecule has 0 spiro atoms. The molecule has 25 heavy (non-hydrogen) atoms. The van der Waals surface area contributed by atoms with Crippen molar-refractivity contribution in [2.75, 3.05) is 11.9 Å². The summed E-state index contributed by atoms with van der Waals surface area (Å²) in [5, 5.41) is 3.42. The molecular formula is C18H17Cl2FN2O2. The minimum absolute atomic E-state index is 0.0777. The SMILES string of the molecule is CC(=O)N(CCC(=O)Nc1ccc(Cl)c(Cl)c1)Cc1ccccc1F. The Hall–Kier alpha value is -2.11. The summed E-state index contributed by atoms with van der Waals surface area (Å²) in [4.78, 5) is 25.2. The number of amides is 2. The molecule has 0 radical (unpaired) electrons. The lowest BCUT2D eigenvalue weighted by atomic mass is 10.2. The third kappa shape index (κ3) is 5.73. The Labute approximate surface area is 155 Å². The Balaban J connectivity index is 1.94. The Morgan fingerprint density at radius 2 is 1.84 bits per heavy atom. The first-order chi connectivity index (χ1) is 11.9. The number of hydrogen-bond acceptors (Lipinski definition) is 2. The van der Waals surface area contributed by atoms with Crippen molar-refractivity contribution in [3.8, 4) is 0 Å². The van der Waals surface area contributed by atoms with Crippen LogP contribution in [0.5, 0.6) is 0 Å². The summed E-state index contributed by atoms with van der Waals surface area (Å²) < 4.78 is 13.7. The maximum absolute atomic E-state index is 13.7. The molecule has 0 saturated heterocycles. The molecule has 7 heteroatoms. The van der Waals surface area contributed by atoms with E-state index in [0.717, 1.165) is 0 Å². The number of anilines is 1. The van der Waals surface area contributed by atoms with Crippen molar-refractivity contribution in [1.82, 2.24) is 4.90 Å². The van der Waals surface area contributed by atoms with Gasteiger partial charge in [0.25, 0.3) is 0 Å². The standard InChI is InChI=1S/C18H17Cl2FN2O2/c1-12(24)23(11-13-4-2-3-5-17(13)21)9-8-18(25)22-14-6-7-15(19)16(20)10-14/h2-7,10H,8-9,11H2,1H3,(H,22,25). The lowest BCUT2D eigenvalue weighted by molar-refractivity contribution is -0.130. The largest absolute Gasteiger partial charge is 0.338 e. The molecule has 0 aliphatic carbocycles. The second-order valence-electron chi connectivity index (χ2n) is 5.46. The number of nitrogens with one attached hydrogen (secondary N) is 1. The molecule has 132 valence electrons. The molecule has 0 atom stereocenters. The van der Waals surface area contributed by atoms with Gasteiger partial charge in [0.05, 0.1) is 10.0 Å². The van der Waals surface area contributed by atoms with Gasteiger partial charge in [-0.1, -0.05) is 41.4 Å². The summed E-state index contributed by atoms with van der Waals surface area (Å²) >= 11 is 11.7. The van der Waals surface area contributed by atoms with E-state index in [9.17, 15) is 14.0 Å². The highest BCUT2D eigenvalue weighted by Crippen LogP contribution is 2.25. The molecule has 0 aliphatic heterocycles. The summed E-state index contributed by atoms with van der Waals surface area (Å²) in [7, 11) is 0. The van der Waals surface area contributed by atoms with Crippen LogP contribution in [0.25, 0.3) is 0 Å². The van der Waals surface area contributed by atoms with Gasteiger partial charge in [0, 0.05) is 37.7 Å². The molecular weight excluding hydrogens is 366 g/mol. The smallest absolute Gasteiger partial charge is 0.226 e. The van der Waals surface area contributed by atoms with Crippen LogP contribution >= 0.6 is 23.2 Å². The first-order valence-corrected chi connectivity index (χ1v) is 8.36. The zero-order valence-corrected chi connectivity index (χ0v) is 15.1. The van der Waals surface area contributed by atoms with Gasteiger partial charge < -0.3 is 10.2 Å². The normalized spacial score (nSPS) is 10.4. The molecule has 0 heterocycles. The first kappa shape index (κ1) is 19.2. The number of nitrogens with zero attached hydrogens (tertiary/aromatic N) is 1. The predicted molar refractivity (Wildman–Crippen MR) is 97.2 cm³/mol. The number of benzene rings is 2. The van der Waals surface area contributed by atoms with E-state index < -0.39 is 0 Å². The van der Waals surface area contributed by atoms with Crippen LogP contribution in [0.2, 0.25) is 10.0 Å². The van der Waals surface area contributed by atoms with E-state index in [4.69, 9.17) is 23.2 Å². The maximum atomic E-state index is 13.7. The van der Waals surface area contributed by atoms with E-state index in [2.05, 4.69) is 5.32 Å². The fourth-order valence-corrected chi connectivity index (χ4v) is 2.51. The fourth-order valence-electron chi connectivity index (χ4n) is 2.21. The quantitative estimate of drug-likeness (QED) is 0.798. The van der Waals surface area contributed by atoms with Gasteiger partial charge in [0.15, 0.2) is 0 Å². The molecule has 0 fully saturated rings. The highest BCUT2D eigenvalue weighted by molar-refractivity contribution is 6.42. The van der Waals surface area contributed by atoms with E-state index in [1.165, 1.54) is 17.9 Å². The van der Waals surface area contributed by atoms with Crippen LogP contribution in [-0.2, 0) is 16.1 Å². The molecule has 0 aliphatic rings. The van der Waals surface area contributed by atoms with Gasteiger partial charge in [-0.3, -0.25) is 9.59 Å². The number of carbonyl (C=O) groups is 2. The van der Waals surface area contributed by atoms with Crippen molar-refractivity contribution in [2.45, 2.75) is 19.9 Å². The highest BCUT2D eigenvalue weighted by atomic mass is 35.5. The maximum Gasteiger partial charge on any atom is 0.226 e. The molecule has 2 amide bonds. The van der Waals surface area contributed by atoms with Gasteiger partial charge in [0.2, 0.25) is 11.8 Å². The first-order valence-electron chi connectivity index (χ1n) is 7.60. The molecule has 2 aromatic rings. The van der Waals surface area contributed by atoms with Crippen molar-refractivity contribution in [1.29, 1.82) is 0 Å². The minimum atomic E-state index is -0.381. The Morgan fingerprint density at radius 1 is 1.12 bits per heavy atom. The average Bonchev–Trinajstić information content (AvgIpc) is 2.56. The molecule has 0 saturated carbocycles. The van der Waals surface area contributed by atoms with E-state index in [1.807, 2.05) is 0 Å².